The quantitative estimate of drug-likeness (QED) is 0.801. The molecule has 94 valence electrons. The maximum Gasteiger partial charge on any atom is 0.177 e. The average Bonchev–Trinajstić information content (AvgIpc) is 2.38. The number of anilines is 1. The molecule has 0 aromatic heterocycles. The third kappa shape index (κ3) is 2.52. The van der Waals surface area contributed by atoms with Crippen LogP contribution in [-0.2, 0) is 0 Å². The van der Waals surface area contributed by atoms with Crippen molar-refractivity contribution >= 4 is 5.69 Å². The molecule has 0 aliphatic carbocycles. The van der Waals surface area contributed by atoms with E-state index in [2.05, 4.69) is 16.7 Å². The van der Waals surface area contributed by atoms with Gasteiger partial charge in [0.05, 0.1) is 12.8 Å². The number of likely N-dealkylation sites (N-methyl/N-ethyl adjacent to an activating group) is 1. The number of nitrogens with zero attached hydrogens (tertiary/aromatic N) is 2. The largest absolute Gasteiger partial charge is 0.492 e. The summed E-state index contributed by atoms with van der Waals surface area (Å²) in [6, 6.07) is 5.09. The first-order valence-electron chi connectivity index (χ1n) is 6.06. The van der Waals surface area contributed by atoms with Gasteiger partial charge in [-0.3, -0.25) is 0 Å². The molecule has 1 heterocycles. The van der Waals surface area contributed by atoms with Gasteiger partial charge in [-0.2, -0.15) is 0 Å². The molecule has 1 aromatic rings. The van der Waals surface area contributed by atoms with Crippen LogP contribution < -0.4 is 9.64 Å². The highest BCUT2D eigenvalue weighted by atomic mass is 19.1. The van der Waals surface area contributed by atoms with Crippen molar-refractivity contribution in [2.24, 2.45) is 0 Å². The van der Waals surface area contributed by atoms with E-state index in [1.165, 1.54) is 13.2 Å². The molecule has 0 unspecified atom stereocenters. The minimum atomic E-state index is -0.289. The van der Waals surface area contributed by atoms with Crippen LogP contribution in [-0.4, -0.2) is 44.7 Å². The zero-order chi connectivity index (χ0) is 12.3. The van der Waals surface area contributed by atoms with Gasteiger partial charge >= 0.3 is 0 Å². The van der Waals surface area contributed by atoms with Crippen LogP contribution >= 0.6 is 0 Å². The van der Waals surface area contributed by atoms with E-state index in [4.69, 9.17) is 4.74 Å². The summed E-state index contributed by atoms with van der Waals surface area (Å²) >= 11 is 0. The Kier molecular flexibility index (Phi) is 3.84. The molecule has 17 heavy (non-hydrogen) atoms. The van der Waals surface area contributed by atoms with Gasteiger partial charge in [0.2, 0.25) is 0 Å². The Labute approximate surface area is 102 Å². The Morgan fingerprint density at radius 2 is 1.94 bits per heavy atom. The lowest BCUT2D eigenvalue weighted by Crippen LogP contribution is -2.46. The van der Waals surface area contributed by atoms with E-state index in [9.17, 15) is 4.39 Å². The van der Waals surface area contributed by atoms with E-state index in [1.54, 1.807) is 6.07 Å². The van der Waals surface area contributed by atoms with Crippen LogP contribution in [0.5, 0.6) is 5.75 Å². The maximum absolute atomic E-state index is 13.6. The topological polar surface area (TPSA) is 15.7 Å². The molecule has 0 bridgehead atoms. The summed E-state index contributed by atoms with van der Waals surface area (Å²) in [6.45, 7) is 7.14. The Bertz CT molecular complexity index is 376. The molecule has 1 saturated heterocycles. The van der Waals surface area contributed by atoms with E-state index in [0.29, 0.717) is 5.75 Å². The molecular formula is C13H19FN2O. The third-order valence-electron chi connectivity index (χ3n) is 3.31. The normalized spacial score (nSPS) is 17.2. The van der Waals surface area contributed by atoms with Crippen molar-refractivity contribution in [2.45, 2.75) is 6.92 Å². The average molecular weight is 238 g/mol. The van der Waals surface area contributed by atoms with Crippen LogP contribution in [0, 0.1) is 5.82 Å². The van der Waals surface area contributed by atoms with E-state index in [-0.39, 0.29) is 5.82 Å². The number of methoxy groups -OCH3 is 1. The fourth-order valence-corrected chi connectivity index (χ4v) is 2.25. The maximum atomic E-state index is 13.6. The van der Waals surface area contributed by atoms with Gasteiger partial charge < -0.3 is 14.5 Å². The number of para-hydroxylation sites is 1. The standard InChI is InChI=1S/C13H19FN2O/c1-3-15-7-9-16(10-8-15)12-6-4-5-11(14)13(12)17-2/h4-6H,3,7-10H2,1-2H3. The molecule has 0 saturated carbocycles. The Hall–Kier alpha value is -1.29. The van der Waals surface area contributed by atoms with Gasteiger partial charge in [0.1, 0.15) is 0 Å². The summed E-state index contributed by atoms with van der Waals surface area (Å²) < 4.78 is 18.7. The lowest BCUT2D eigenvalue weighted by atomic mass is 10.2. The highest BCUT2D eigenvalue weighted by Crippen LogP contribution is 2.31. The van der Waals surface area contributed by atoms with E-state index >= 15 is 0 Å². The van der Waals surface area contributed by atoms with Crippen LogP contribution in [0.1, 0.15) is 6.92 Å². The van der Waals surface area contributed by atoms with Crippen LogP contribution in [0.25, 0.3) is 0 Å². The van der Waals surface area contributed by atoms with Crippen molar-refractivity contribution in [3.05, 3.63) is 24.0 Å². The summed E-state index contributed by atoms with van der Waals surface area (Å²) in [5, 5.41) is 0. The predicted molar refractivity (Wildman–Crippen MR) is 67.3 cm³/mol. The van der Waals surface area contributed by atoms with Gasteiger partial charge in [-0.25, -0.2) is 4.39 Å². The fourth-order valence-electron chi connectivity index (χ4n) is 2.25. The Morgan fingerprint density at radius 1 is 1.24 bits per heavy atom. The Balaban J connectivity index is 2.15. The molecule has 3 nitrogen and oxygen atoms in total. The highest BCUT2D eigenvalue weighted by molar-refractivity contribution is 5.59. The molecular weight excluding hydrogens is 219 g/mol. The number of benzene rings is 1. The number of rotatable bonds is 3. The SMILES string of the molecule is CCN1CCN(c2cccc(F)c2OC)CC1. The zero-order valence-corrected chi connectivity index (χ0v) is 10.4. The van der Waals surface area contributed by atoms with E-state index < -0.39 is 0 Å². The molecule has 1 aliphatic heterocycles. The second-order valence-electron chi connectivity index (χ2n) is 4.21. The van der Waals surface area contributed by atoms with Crippen molar-refractivity contribution < 1.29 is 9.13 Å². The van der Waals surface area contributed by atoms with Crippen molar-refractivity contribution in [1.29, 1.82) is 0 Å². The first-order chi connectivity index (χ1) is 8.26. The number of piperazine rings is 1. The molecule has 0 atom stereocenters. The van der Waals surface area contributed by atoms with Crippen molar-refractivity contribution in [1.82, 2.24) is 4.90 Å². The summed E-state index contributed by atoms with van der Waals surface area (Å²) in [6.07, 6.45) is 0. The minimum Gasteiger partial charge on any atom is -0.492 e. The number of ether oxygens (including phenoxy) is 1. The predicted octanol–water partition coefficient (Wildman–Crippen LogP) is 1.98. The van der Waals surface area contributed by atoms with Gasteiger partial charge in [-0.15, -0.1) is 0 Å². The van der Waals surface area contributed by atoms with Crippen LogP contribution in [0.3, 0.4) is 0 Å². The molecule has 0 amide bonds. The lowest BCUT2D eigenvalue weighted by molar-refractivity contribution is 0.270. The smallest absolute Gasteiger partial charge is 0.177 e. The van der Waals surface area contributed by atoms with Gasteiger partial charge in [0, 0.05) is 26.2 Å². The molecule has 0 radical (unpaired) electrons. The molecule has 0 spiro atoms. The molecule has 0 N–H and O–H groups in total. The Morgan fingerprint density at radius 3 is 2.53 bits per heavy atom. The summed E-state index contributed by atoms with van der Waals surface area (Å²) in [7, 11) is 1.52. The van der Waals surface area contributed by atoms with Gasteiger partial charge in [0.15, 0.2) is 11.6 Å². The molecule has 1 aliphatic rings. The summed E-state index contributed by atoms with van der Waals surface area (Å²) in [4.78, 5) is 4.58. The van der Waals surface area contributed by atoms with Crippen LogP contribution in [0.2, 0.25) is 0 Å². The second-order valence-corrected chi connectivity index (χ2v) is 4.21. The monoisotopic (exact) mass is 238 g/mol. The molecule has 1 aromatic carbocycles. The van der Waals surface area contributed by atoms with Gasteiger partial charge in [0.25, 0.3) is 0 Å². The minimum absolute atomic E-state index is 0.289. The first kappa shape index (κ1) is 12.2. The molecule has 4 heteroatoms. The number of hydrogen-bond donors (Lipinski definition) is 0. The van der Waals surface area contributed by atoms with Crippen molar-refractivity contribution in [3.8, 4) is 5.75 Å². The van der Waals surface area contributed by atoms with E-state index in [0.717, 1.165) is 38.4 Å². The first-order valence-corrected chi connectivity index (χ1v) is 6.06. The summed E-state index contributed by atoms with van der Waals surface area (Å²) in [5.74, 6) is 0.0698. The molecule has 1 fully saturated rings. The highest BCUT2D eigenvalue weighted by Gasteiger charge is 2.20. The second kappa shape index (κ2) is 5.36. The third-order valence-corrected chi connectivity index (χ3v) is 3.31. The van der Waals surface area contributed by atoms with Crippen molar-refractivity contribution in [3.63, 3.8) is 0 Å². The number of hydrogen-bond acceptors (Lipinski definition) is 3. The van der Waals surface area contributed by atoms with Crippen LogP contribution in [0.15, 0.2) is 18.2 Å². The van der Waals surface area contributed by atoms with Crippen molar-refractivity contribution in [2.75, 3.05) is 44.7 Å². The van der Waals surface area contributed by atoms with Gasteiger partial charge in [-0.05, 0) is 18.7 Å². The number of halogens is 1. The van der Waals surface area contributed by atoms with E-state index in [1.807, 2.05) is 6.07 Å². The molecule has 2 rings (SSSR count). The fraction of sp³-hybridized carbons (Fsp3) is 0.538. The van der Waals surface area contributed by atoms with Gasteiger partial charge in [-0.1, -0.05) is 13.0 Å². The summed E-state index contributed by atoms with van der Waals surface area (Å²) in [5.41, 5.74) is 0.864. The lowest BCUT2D eigenvalue weighted by Gasteiger charge is -2.36. The van der Waals surface area contributed by atoms with Crippen LogP contribution in [0.4, 0.5) is 10.1 Å². The zero-order valence-electron chi connectivity index (χ0n) is 10.4.